The zero-order chi connectivity index (χ0) is 6.41. The van der Waals surface area contributed by atoms with Crippen LogP contribution in [0.3, 0.4) is 0 Å². The summed E-state index contributed by atoms with van der Waals surface area (Å²) in [6, 6.07) is 0. The maximum Gasteiger partial charge on any atom is 0.230 e. The Morgan fingerprint density at radius 3 is 2.75 bits per heavy atom. The van der Waals surface area contributed by atoms with Crippen LogP contribution >= 0.6 is 28.6 Å². The molecule has 0 aliphatic heterocycles. The number of thiol groups is 1. The molecule has 0 fully saturated rings. The number of carbonyl (C=O) groups excluding carboxylic acids is 1. The van der Waals surface area contributed by atoms with Crippen molar-refractivity contribution >= 4 is 34.5 Å². The summed E-state index contributed by atoms with van der Waals surface area (Å²) in [6.45, 7) is 0.646. The van der Waals surface area contributed by atoms with Gasteiger partial charge in [-0.1, -0.05) is 15.9 Å². The second-order valence-electron chi connectivity index (χ2n) is 1.21. The minimum Gasteiger partial charge on any atom is -0.355 e. The predicted molar refractivity (Wildman–Crippen MR) is 40.7 cm³/mol. The number of amides is 1. The van der Waals surface area contributed by atoms with E-state index in [-0.39, 0.29) is 5.91 Å². The Hall–Kier alpha value is 0.300. The summed E-state index contributed by atoms with van der Waals surface area (Å²) in [7, 11) is 0. The number of alkyl halides is 1. The number of nitrogens with one attached hydrogen (secondary N) is 1. The SMILES string of the molecule is O=C(CBr)NCCS. The lowest BCUT2D eigenvalue weighted by atomic mass is 10.6. The molecule has 0 atom stereocenters. The molecule has 0 aromatic rings. The Morgan fingerprint density at radius 1 is 1.75 bits per heavy atom. The first-order chi connectivity index (χ1) is 3.81. The van der Waals surface area contributed by atoms with E-state index in [1.165, 1.54) is 0 Å². The van der Waals surface area contributed by atoms with Gasteiger partial charge < -0.3 is 5.32 Å². The molecule has 0 saturated heterocycles. The molecule has 2 nitrogen and oxygen atoms in total. The molecule has 0 bridgehead atoms. The van der Waals surface area contributed by atoms with Gasteiger partial charge in [-0.05, 0) is 0 Å². The molecule has 1 amide bonds. The zero-order valence-corrected chi connectivity index (χ0v) is 6.84. The van der Waals surface area contributed by atoms with Crippen LogP contribution in [-0.2, 0) is 4.79 Å². The van der Waals surface area contributed by atoms with Gasteiger partial charge in [0.25, 0.3) is 0 Å². The second kappa shape index (κ2) is 5.44. The quantitative estimate of drug-likeness (QED) is 0.499. The Morgan fingerprint density at radius 2 is 2.38 bits per heavy atom. The van der Waals surface area contributed by atoms with E-state index in [1.54, 1.807) is 0 Å². The van der Waals surface area contributed by atoms with Crippen molar-refractivity contribution in [2.24, 2.45) is 0 Å². The van der Waals surface area contributed by atoms with Crippen LogP contribution < -0.4 is 5.32 Å². The molecule has 0 aromatic heterocycles. The predicted octanol–water partition coefficient (Wildman–Crippen LogP) is 0.427. The minimum atomic E-state index is 0.0130. The van der Waals surface area contributed by atoms with E-state index in [4.69, 9.17) is 0 Å². The maximum absolute atomic E-state index is 10.4. The molecule has 0 aliphatic rings. The van der Waals surface area contributed by atoms with Crippen molar-refractivity contribution in [1.29, 1.82) is 0 Å². The third-order valence-corrected chi connectivity index (χ3v) is 1.29. The Labute approximate surface area is 62.6 Å². The summed E-state index contributed by atoms with van der Waals surface area (Å²) in [6.07, 6.45) is 0. The first kappa shape index (κ1) is 8.30. The highest BCUT2D eigenvalue weighted by molar-refractivity contribution is 9.09. The average Bonchev–Trinajstić information content (AvgIpc) is 1.83. The van der Waals surface area contributed by atoms with Crippen LogP contribution in [0.2, 0.25) is 0 Å². The van der Waals surface area contributed by atoms with Gasteiger partial charge >= 0.3 is 0 Å². The third kappa shape index (κ3) is 4.46. The van der Waals surface area contributed by atoms with Gasteiger partial charge in [0.2, 0.25) is 5.91 Å². The monoisotopic (exact) mass is 197 g/mol. The van der Waals surface area contributed by atoms with E-state index in [0.717, 1.165) is 0 Å². The van der Waals surface area contributed by atoms with Crippen LogP contribution in [0.4, 0.5) is 0 Å². The van der Waals surface area contributed by atoms with Crippen molar-refractivity contribution in [1.82, 2.24) is 5.32 Å². The first-order valence-corrected chi connectivity index (χ1v) is 4.00. The Kier molecular flexibility index (Phi) is 5.64. The van der Waals surface area contributed by atoms with E-state index >= 15 is 0 Å². The van der Waals surface area contributed by atoms with Crippen molar-refractivity contribution < 1.29 is 4.79 Å². The first-order valence-electron chi connectivity index (χ1n) is 2.24. The lowest BCUT2D eigenvalue weighted by molar-refractivity contribution is -0.118. The van der Waals surface area contributed by atoms with Gasteiger partial charge in [0.15, 0.2) is 0 Å². The fraction of sp³-hybridized carbons (Fsp3) is 0.750. The molecule has 4 heteroatoms. The maximum atomic E-state index is 10.4. The summed E-state index contributed by atoms with van der Waals surface area (Å²) < 4.78 is 0. The van der Waals surface area contributed by atoms with Crippen LogP contribution in [0, 0.1) is 0 Å². The summed E-state index contributed by atoms with van der Waals surface area (Å²) in [5.74, 6) is 0.706. The fourth-order valence-corrected chi connectivity index (χ4v) is 0.553. The topological polar surface area (TPSA) is 29.1 Å². The van der Waals surface area contributed by atoms with Gasteiger partial charge in [-0.2, -0.15) is 12.6 Å². The van der Waals surface area contributed by atoms with Crippen molar-refractivity contribution in [2.75, 3.05) is 17.6 Å². The largest absolute Gasteiger partial charge is 0.355 e. The van der Waals surface area contributed by atoms with Crippen molar-refractivity contribution in [3.05, 3.63) is 0 Å². The van der Waals surface area contributed by atoms with Gasteiger partial charge in [0.1, 0.15) is 0 Å². The molecular weight excluding hydrogens is 190 g/mol. The zero-order valence-electron chi connectivity index (χ0n) is 4.35. The van der Waals surface area contributed by atoms with Gasteiger partial charge in [0, 0.05) is 12.3 Å². The molecular formula is C4H8BrNOS. The van der Waals surface area contributed by atoms with Gasteiger partial charge in [-0.15, -0.1) is 0 Å². The third-order valence-electron chi connectivity index (χ3n) is 0.555. The number of halogens is 1. The molecule has 1 N–H and O–H groups in total. The van der Waals surface area contributed by atoms with Crippen molar-refractivity contribution in [3.63, 3.8) is 0 Å². The van der Waals surface area contributed by atoms with Crippen molar-refractivity contribution in [2.45, 2.75) is 0 Å². The summed E-state index contributed by atoms with van der Waals surface area (Å²) in [5.41, 5.74) is 0. The lowest BCUT2D eigenvalue weighted by Gasteiger charge is -1.96. The molecule has 0 aliphatic carbocycles. The van der Waals surface area contributed by atoms with Gasteiger partial charge in [-0.25, -0.2) is 0 Å². The van der Waals surface area contributed by atoms with E-state index in [0.29, 0.717) is 17.6 Å². The summed E-state index contributed by atoms with van der Waals surface area (Å²) >= 11 is 6.91. The molecule has 0 saturated carbocycles. The fourth-order valence-electron chi connectivity index (χ4n) is 0.243. The van der Waals surface area contributed by atoms with Gasteiger partial charge in [0.05, 0.1) is 5.33 Å². The highest BCUT2D eigenvalue weighted by Crippen LogP contribution is 1.77. The number of hydrogen-bond donors (Lipinski definition) is 2. The number of hydrogen-bond acceptors (Lipinski definition) is 2. The van der Waals surface area contributed by atoms with Crippen LogP contribution in [0.25, 0.3) is 0 Å². The molecule has 0 heterocycles. The highest BCUT2D eigenvalue weighted by Gasteiger charge is 1.92. The standard InChI is InChI=1S/C4H8BrNOS/c5-3-4(7)6-1-2-8/h8H,1-3H2,(H,6,7). The van der Waals surface area contributed by atoms with E-state index in [1.807, 2.05) is 0 Å². The molecule has 0 rings (SSSR count). The number of rotatable bonds is 3. The van der Waals surface area contributed by atoms with Crippen LogP contribution in [0.5, 0.6) is 0 Å². The smallest absolute Gasteiger partial charge is 0.230 e. The number of carbonyl (C=O) groups is 1. The van der Waals surface area contributed by atoms with Crippen LogP contribution in [0.1, 0.15) is 0 Å². The van der Waals surface area contributed by atoms with Gasteiger partial charge in [-0.3, -0.25) is 4.79 Å². The Bertz CT molecular complexity index is 78.4. The lowest BCUT2D eigenvalue weighted by Crippen LogP contribution is -2.25. The molecule has 0 spiro atoms. The molecule has 0 radical (unpaired) electrons. The molecule has 0 unspecified atom stereocenters. The van der Waals surface area contributed by atoms with E-state index in [9.17, 15) is 4.79 Å². The Balaban J connectivity index is 2.99. The summed E-state index contributed by atoms with van der Waals surface area (Å²) in [5, 5.41) is 3.00. The van der Waals surface area contributed by atoms with Crippen molar-refractivity contribution in [3.8, 4) is 0 Å². The normalized spacial score (nSPS) is 8.75. The van der Waals surface area contributed by atoms with E-state index in [2.05, 4.69) is 33.9 Å². The van der Waals surface area contributed by atoms with E-state index < -0.39 is 0 Å². The molecule has 0 aromatic carbocycles. The van der Waals surface area contributed by atoms with Crippen LogP contribution in [0.15, 0.2) is 0 Å². The average molecular weight is 198 g/mol. The minimum absolute atomic E-state index is 0.0130. The molecule has 48 valence electrons. The van der Waals surface area contributed by atoms with Crippen LogP contribution in [-0.4, -0.2) is 23.5 Å². The second-order valence-corrected chi connectivity index (χ2v) is 2.22. The highest BCUT2D eigenvalue weighted by atomic mass is 79.9. The summed E-state index contributed by atoms with van der Waals surface area (Å²) in [4.78, 5) is 10.4. The molecule has 8 heavy (non-hydrogen) atoms.